The molecule has 0 heterocycles. The lowest BCUT2D eigenvalue weighted by Crippen LogP contribution is -2.47. The Hall–Kier alpha value is 0.154. The summed E-state index contributed by atoms with van der Waals surface area (Å²) in [6, 6.07) is 2.01. The summed E-state index contributed by atoms with van der Waals surface area (Å²) in [7, 11) is -5.10. The molecular weight excluding hydrogens is 394 g/mol. The Bertz CT molecular complexity index is 331. The number of hydrogen-bond acceptors (Lipinski definition) is 7. The highest BCUT2D eigenvalue weighted by molar-refractivity contribution is 6.61. The molecule has 0 aliphatic heterocycles. The predicted octanol–water partition coefficient (Wildman–Crippen LogP) is 3.84. The maximum Gasteiger partial charge on any atom is 0.500 e. The lowest BCUT2D eigenvalue weighted by molar-refractivity contribution is 0.0701. The molecule has 0 aromatic heterocycles. The Morgan fingerprint density at radius 3 is 1.32 bits per heavy atom. The maximum absolute atomic E-state index is 5.93. The van der Waals surface area contributed by atoms with Crippen LogP contribution in [0.5, 0.6) is 0 Å². The first-order valence-electron chi connectivity index (χ1n) is 11.0. The molecule has 0 bridgehead atoms. The molecule has 0 spiro atoms. The van der Waals surface area contributed by atoms with Crippen molar-refractivity contribution in [1.29, 1.82) is 0 Å². The molecule has 1 unspecified atom stereocenters. The predicted molar refractivity (Wildman–Crippen MR) is 118 cm³/mol. The topological polar surface area (TPSA) is 67.4 Å². The quantitative estimate of drug-likeness (QED) is 0.228. The Kier molecular flexibility index (Phi) is 17.0. The highest BCUT2D eigenvalue weighted by Gasteiger charge is 2.41. The van der Waals surface area contributed by atoms with Gasteiger partial charge in [0.25, 0.3) is 0 Å². The Morgan fingerprint density at radius 1 is 0.607 bits per heavy atom. The van der Waals surface area contributed by atoms with Gasteiger partial charge < -0.3 is 31.9 Å². The van der Waals surface area contributed by atoms with Gasteiger partial charge in [0, 0.05) is 57.8 Å². The molecule has 0 aromatic carbocycles. The van der Waals surface area contributed by atoms with Gasteiger partial charge in [0.15, 0.2) is 0 Å². The van der Waals surface area contributed by atoms with E-state index < -0.39 is 17.6 Å². The minimum atomic E-state index is -2.56. The summed E-state index contributed by atoms with van der Waals surface area (Å²) in [5, 5.41) is 3.59. The molecular formula is C19H45NO6Si2. The van der Waals surface area contributed by atoms with Gasteiger partial charge in [-0.3, -0.25) is 0 Å². The van der Waals surface area contributed by atoms with Crippen LogP contribution in [0.15, 0.2) is 0 Å². The fourth-order valence-corrected chi connectivity index (χ4v) is 8.55. The normalized spacial score (nSPS) is 13.8. The fraction of sp³-hybridized carbons (Fsp3) is 1.00. The van der Waals surface area contributed by atoms with Gasteiger partial charge in [-0.25, -0.2) is 0 Å². The van der Waals surface area contributed by atoms with Crippen molar-refractivity contribution in [3.63, 3.8) is 0 Å². The first-order valence-corrected chi connectivity index (χ1v) is 14.9. The van der Waals surface area contributed by atoms with Crippen LogP contribution < -0.4 is 5.32 Å². The summed E-state index contributed by atoms with van der Waals surface area (Å²) in [6.07, 6.45) is 1.92. The fourth-order valence-electron chi connectivity index (χ4n) is 3.15. The molecule has 9 heteroatoms. The summed E-state index contributed by atoms with van der Waals surface area (Å²) in [5.74, 6) is 0. The van der Waals surface area contributed by atoms with E-state index in [-0.39, 0.29) is 0 Å². The SMILES string of the molecule is CCO[Si](CCCNC(C)CC[Si](OCC)(OCC)OCC)(OCC)OCC. The average Bonchev–Trinajstić information content (AvgIpc) is 2.65. The molecule has 1 atom stereocenters. The van der Waals surface area contributed by atoms with Crippen LogP contribution in [-0.2, 0) is 26.6 Å². The van der Waals surface area contributed by atoms with E-state index in [0.29, 0.717) is 45.7 Å². The summed E-state index contributed by atoms with van der Waals surface area (Å²) in [6.45, 7) is 18.8. The average molecular weight is 440 g/mol. The first-order chi connectivity index (χ1) is 13.5. The van der Waals surface area contributed by atoms with Gasteiger partial charge in [0.2, 0.25) is 0 Å². The third kappa shape index (κ3) is 11.4. The molecule has 1 N–H and O–H groups in total. The van der Waals surface area contributed by atoms with Crippen molar-refractivity contribution in [2.75, 3.05) is 46.2 Å². The minimum Gasteiger partial charge on any atom is -0.374 e. The monoisotopic (exact) mass is 439 g/mol. The van der Waals surface area contributed by atoms with Crippen molar-refractivity contribution < 1.29 is 26.6 Å². The zero-order valence-corrected chi connectivity index (χ0v) is 21.3. The maximum atomic E-state index is 5.93. The van der Waals surface area contributed by atoms with E-state index in [1.165, 1.54) is 0 Å². The van der Waals surface area contributed by atoms with E-state index in [1.807, 2.05) is 41.5 Å². The first kappa shape index (κ1) is 28.2. The van der Waals surface area contributed by atoms with Crippen LogP contribution in [0.4, 0.5) is 0 Å². The smallest absolute Gasteiger partial charge is 0.374 e. The molecule has 0 saturated carbocycles. The number of nitrogens with one attached hydrogen (secondary N) is 1. The van der Waals surface area contributed by atoms with Crippen LogP contribution >= 0.6 is 0 Å². The number of rotatable bonds is 20. The standard InChI is InChI=1S/C19H45NO6Si2/c1-8-21-27(22-9-2,23-10-3)17-14-16-20-19(7)15-18-28(24-11-4,25-12-5)26-13-6/h19-20H,8-18H2,1-7H3. The van der Waals surface area contributed by atoms with Crippen LogP contribution in [0.25, 0.3) is 0 Å². The molecule has 170 valence electrons. The third-order valence-electron chi connectivity index (χ3n) is 4.22. The van der Waals surface area contributed by atoms with Gasteiger partial charge in [0.05, 0.1) is 0 Å². The zero-order valence-electron chi connectivity index (χ0n) is 19.3. The van der Waals surface area contributed by atoms with Crippen LogP contribution in [0, 0.1) is 0 Å². The zero-order chi connectivity index (χ0) is 21.3. The largest absolute Gasteiger partial charge is 0.500 e. The van der Waals surface area contributed by atoms with Crippen molar-refractivity contribution in [2.45, 2.75) is 79.4 Å². The highest BCUT2D eigenvalue weighted by Crippen LogP contribution is 2.20. The van der Waals surface area contributed by atoms with Gasteiger partial charge in [-0.05, 0) is 67.9 Å². The van der Waals surface area contributed by atoms with Gasteiger partial charge in [-0.15, -0.1) is 0 Å². The highest BCUT2D eigenvalue weighted by atomic mass is 28.4. The van der Waals surface area contributed by atoms with Gasteiger partial charge >= 0.3 is 17.6 Å². The van der Waals surface area contributed by atoms with Crippen molar-refractivity contribution in [3.8, 4) is 0 Å². The third-order valence-corrected chi connectivity index (χ3v) is 10.5. The Balaban J connectivity index is 4.46. The molecule has 0 aliphatic carbocycles. The summed E-state index contributed by atoms with van der Waals surface area (Å²) in [5.41, 5.74) is 0. The van der Waals surface area contributed by atoms with Crippen LogP contribution in [-0.4, -0.2) is 69.8 Å². The molecule has 28 heavy (non-hydrogen) atoms. The van der Waals surface area contributed by atoms with Crippen molar-refractivity contribution in [3.05, 3.63) is 0 Å². The molecule has 0 radical (unpaired) electrons. The number of hydrogen-bond donors (Lipinski definition) is 1. The Morgan fingerprint density at radius 2 is 0.964 bits per heavy atom. The second kappa shape index (κ2) is 16.9. The minimum absolute atomic E-state index is 0.357. The molecule has 0 aliphatic rings. The second-order valence-corrected chi connectivity index (χ2v) is 11.9. The summed E-state index contributed by atoms with van der Waals surface area (Å²) >= 11 is 0. The van der Waals surface area contributed by atoms with E-state index in [4.69, 9.17) is 26.6 Å². The molecule has 7 nitrogen and oxygen atoms in total. The second-order valence-electron chi connectivity index (χ2n) is 6.46. The van der Waals surface area contributed by atoms with E-state index >= 15 is 0 Å². The summed E-state index contributed by atoms with van der Waals surface area (Å²) in [4.78, 5) is 0. The molecule has 0 amide bonds. The molecule has 0 fully saturated rings. The van der Waals surface area contributed by atoms with Gasteiger partial charge in [-0.2, -0.15) is 0 Å². The van der Waals surface area contributed by atoms with Crippen LogP contribution in [0.3, 0.4) is 0 Å². The molecule has 0 saturated heterocycles. The van der Waals surface area contributed by atoms with Crippen LogP contribution in [0.2, 0.25) is 12.1 Å². The van der Waals surface area contributed by atoms with Gasteiger partial charge in [0.1, 0.15) is 0 Å². The lowest BCUT2D eigenvalue weighted by atomic mass is 10.2. The van der Waals surface area contributed by atoms with Crippen molar-refractivity contribution in [2.24, 2.45) is 0 Å². The van der Waals surface area contributed by atoms with E-state index in [9.17, 15) is 0 Å². The van der Waals surface area contributed by atoms with Crippen molar-refractivity contribution in [1.82, 2.24) is 5.32 Å². The van der Waals surface area contributed by atoms with E-state index in [0.717, 1.165) is 31.5 Å². The molecule has 0 aromatic rings. The van der Waals surface area contributed by atoms with E-state index in [2.05, 4.69) is 12.2 Å². The lowest BCUT2D eigenvalue weighted by Gasteiger charge is -2.30. The van der Waals surface area contributed by atoms with E-state index in [1.54, 1.807) is 0 Å². The Labute approximate surface area is 175 Å². The van der Waals surface area contributed by atoms with Crippen molar-refractivity contribution >= 4 is 17.6 Å². The van der Waals surface area contributed by atoms with Crippen LogP contribution in [0.1, 0.15) is 61.3 Å². The van der Waals surface area contributed by atoms with Gasteiger partial charge in [-0.1, -0.05) is 0 Å². The summed E-state index contributed by atoms with van der Waals surface area (Å²) < 4.78 is 35.5. The molecule has 0 rings (SSSR count).